The Labute approximate surface area is 421 Å². The normalized spacial score (nSPS) is 42.7. The van der Waals surface area contributed by atoms with Crippen molar-refractivity contribution in [3.63, 3.8) is 0 Å². The van der Waals surface area contributed by atoms with Gasteiger partial charge in [-0.25, -0.2) is 18.0 Å². The first-order valence-corrected chi connectivity index (χ1v) is 24.6. The Balaban J connectivity index is 1.41. The summed E-state index contributed by atoms with van der Waals surface area (Å²) >= 11 is 0. The van der Waals surface area contributed by atoms with Crippen LogP contribution >= 0.6 is 0 Å². The van der Waals surface area contributed by atoms with E-state index < -0.39 is 224 Å². The fourth-order valence-electron chi connectivity index (χ4n) is 8.47. The first-order valence-electron chi connectivity index (χ1n) is 21.9. The molecule has 75 heavy (non-hydrogen) atoms. The number of hydrogen-bond acceptors (Lipinski definition) is 30. The lowest BCUT2D eigenvalue weighted by Crippen LogP contribution is -2.70. The van der Waals surface area contributed by atoms with E-state index in [9.17, 15) is 107 Å². The highest BCUT2D eigenvalue weighted by Gasteiger charge is 2.59. The topological polar surface area (TPSA) is 574 Å². The number of rotatable bonds is 20. The van der Waals surface area contributed by atoms with Crippen molar-refractivity contribution in [2.75, 3.05) is 19.8 Å². The van der Waals surface area contributed by atoms with E-state index in [2.05, 4.69) is 24.3 Å². The molecule has 432 valence electrons. The van der Waals surface area contributed by atoms with Gasteiger partial charge in [-0.3, -0.25) is 23.5 Å². The van der Waals surface area contributed by atoms with Crippen molar-refractivity contribution >= 4 is 50.5 Å². The number of carbonyl (C=O) groups is 5. The van der Waals surface area contributed by atoms with Gasteiger partial charge in [-0.2, -0.15) is 16.8 Å². The molecule has 39 heteroatoms. The minimum atomic E-state index is -5.47. The molecule has 5 saturated heterocycles. The van der Waals surface area contributed by atoms with Crippen molar-refractivity contribution in [1.82, 2.24) is 16.0 Å². The Kier molecular flexibility index (Phi) is 21.1. The summed E-state index contributed by atoms with van der Waals surface area (Å²) in [6, 6.07) is -5.62. The lowest BCUT2D eigenvalue weighted by atomic mass is 9.94. The number of carboxylic acid groups (broad SMARTS) is 2. The molecule has 0 aromatic carbocycles. The van der Waals surface area contributed by atoms with E-state index in [0.717, 1.165) is 20.8 Å². The summed E-state index contributed by atoms with van der Waals surface area (Å²) in [6.07, 6.45) is -49.6. The first kappa shape index (κ1) is 62.2. The van der Waals surface area contributed by atoms with Crippen LogP contribution < -0.4 is 16.0 Å². The monoisotopic (exact) mass is 1140 g/mol. The molecule has 0 saturated carbocycles. The second kappa shape index (κ2) is 25.4. The predicted molar refractivity (Wildman–Crippen MR) is 223 cm³/mol. The summed E-state index contributed by atoms with van der Waals surface area (Å²) in [5.74, 6) is -6.82. The maximum Gasteiger partial charge on any atom is 0.397 e. The zero-order valence-corrected chi connectivity index (χ0v) is 40.4. The summed E-state index contributed by atoms with van der Waals surface area (Å²) < 4.78 is 123. The molecular formula is C36H57N3O34S2. The second-order valence-corrected chi connectivity index (χ2v) is 19.5. The van der Waals surface area contributed by atoms with Crippen LogP contribution in [0.25, 0.3) is 0 Å². The van der Waals surface area contributed by atoms with Gasteiger partial charge in [0.25, 0.3) is 0 Å². The van der Waals surface area contributed by atoms with E-state index in [0.29, 0.717) is 0 Å². The molecule has 0 aromatic heterocycles. The van der Waals surface area contributed by atoms with Crippen molar-refractivity contribution in [2.24, 2.45) is 0 Å². The highest BCUT2D eigenvalue weighted by atomic mass is 32.3. The predicted octanol–water partition coefficient (Wildman–Crippen LogP) is -11.7. The minimum Gasteiger partial charge on any atom is -0.479 e. The number of nitrogens with one attached hydrogen (secondary N) is 3. The van der Waals surface area contributed by atoms with Gasteiger partial charge in [0.2, 0.25) is 17.7 Å². The van der Waals surface area contributed by atoms with Crippen LogP contribution in [0.2, 0.25) is 0 Å². The largest absolute Gasteiger partial charge is 0.479 e. The van der Waals surface area contributed by atoms with Crippen LogP contribution in [-0.4, -0.2) is 290 Å². The molecule has 5 aliphatic rings. The highest BCUT2D eigenvalue weighted by molar-refractivity contribution is 7.81. The number of aliphatic hydroxyl groups excluding tert-OH is 10. The maximum atomic E-state index is 12.7. The molecule has 5 heterocycles. The molecule has 3 amide bonds. The van der Waals surface area contributed by atoms with Crippen LogP contribution in [0.5, 0.6) is 0 Å². The number of carboxylic acids is 2. The van der Waals surface area contributed by atoms with Crippen molar-refractivity contribution in [3.05, 3.63) is 0 Å². The van der Waals surface area contributed by atoms with E-state index in [4.69, 9.17) is 47.2 Å². The standard InChI is InChI=1S/C36H57N3O34S2/c1-7(41)37-13-18(46)24(10(4-40)65-32(13)56)68-35-22(50)20(48)27(29(72-35)31(54)55)71-34-15(39-9(3)43)19(47)25(12(67-34)6-64-75(60,61)62)69-36-23(51)21(49)26(28(73-36)30(52)53)70-33-14(38-8(2)42)17(45)16(44)11(66-33)5-63-74(57,58)59/h10-29,32-36,40,44-51,56H,4-6H2,1-3H3,(H,37,41)(H,38,42)(H,39,43)(H,52,53)(H,54,55)(H,57,58,59)(H,60,61,62)/t10-,11-,12-,13-,14-,15-,16-,17-,18-,19-,20-,21-,22-,23-,24-,25-,26+,27+,28+,29+,32+,33-,34-,35-,36-/m1/s1. The molecule has 5 fully saturated rings. The third-order valence-corrected chi connectivity index (χ3v) is 12.7. The smallest absolute Gasteiger partial charge is 0.397 e. The summed E-state index contributed by atoms with van der Waals surface area (Å²) in [5.41, 5.74) is 0. The Morgan fingerprint density at radius 3 is 1.20 bits per heavy atom. The van der Waals surface area contributed by atoms with Gasteiger partial charge < -0.3 is 120 Å². The lowest BCUT2D eigenvalue weighted by Gasteiger charge is -2.50. The average molecular weight is 1140 g/mol. The Hall–Kier alpha value is -3.67. The molecule has 0 spiro atoms. The molecule has 0 aromatic rings. The molecule has 5 aliphatic heterocycles. The number of hydrogen-bond donors (Lipinski definition) is 17. The Morgan fingerprint density at radius 2 is 0.800 bits per heavy atom. The van der Waals surface area contributed by atoms with Gasteiger partial charge in [0.1, 0.15) is 110 Å². The zero-order valence-electron chi connectivity index (χ0n) is 38.8. The van der Waals surface area contributed by atoms with Crippen LogP contribution in [-0.2, 0) is 95.8 Å². The number of ether oxygens (including phenoxy) is 9. The Bertz CT molecular complexity index is 2230. The zero-order chi connectivity index (χ0) is 56.3. The van der Waals surface area contributed by atoms with Gasteiger partial charge in [0.05, 0.1) is 19.8 Å². The third kappa shape index (κ3) is 15.3. The van der Waals surface area contributed by atoms with Gasteiger partial charge in [0.15, 0.2) is 43.7 Å². The van der Waals surface area contributed by atoms with Crippen molar-refractivity contribution in [2.45, 2.75) is 174 Å². The average Bonchev–Trinajstić information content (AvgIpc) is 3.29. The SMILES string of the molecule is CC(=O)N[C@@H]1[C@@H](O)[C@H](O[C@@H]2O[C@H](C(=O)O)[C@@H](O[C@H]3O[C@H](COS(=O)(=O)O)[C@@H](O[C@@H]4O[C@H](C(=O)O)[C@@H](O[C@H]5O[C@H](COS(=O)(=O)O)[C@@H](O)[C@H](O)[C@H]5NC(C)=O)[C@H](O)[C@H]4O)[C@H](O)[C@H]3NC(C)=O)[C@H](O)[C@H]2O)[C@@H](CO)O[C@@H]1O. The summed E-state index contributed by atoms with van der Waals surface area (Å²) in [4.78, 5) is 61.7. The van der Waals surface area contributed by atoms with Crippen LogP contribution in [0.1, 0.15) is 20.8 Å². The van der Waals surface area contributed by atoms with Crippen LogP contribution in [0, 0.1) is 0 Å². The molecule has 37 nitrogen and oxygen atoms in total. The van der Waals surface area contributed by atoms with Crippen molar-refractivity contribution in [3.8, 4) is 0 Å². The third-order valence-electron chi connectivity index (χ3n) is 11.9. The fourth-order valence-corrected chi connectivity index (χ4v) is 9.08. The van der Waals surface area contributed by atoms with Gasteiger partial charge in [-0.05, 0) is 0 Å². The van der Waals surface area contributed by atoms with Gasteiger partial charge in [0, 0.05) is 20.8 Å². The maximum absolute atomic E-state index is 12.7. The molecule has 0 bridgehead atoms. The quantitative estimate of drug-likeness (QED) is 0.0503. The van der Waals surface area contributed by atoms with E-state index in [-0.39, 0.29) is 0 Å². The number of carbonyl (C=O) groups excluding carboxylic acids is 3. The van der Waals surface area contributed by atoms with E-state index in [1.165, 1.54) is 0 Å². The summed E-state index contributed by atoms with van der Waals surface area (Å²) in [7, 11) is -10.7. The number of amides is 3. The van der Waals surface area contributed by atoms with Gasteiger partial charge in [-0.1, -0.05) is 0 Å². The molecule has 25 atom stereocenters. The van der Waals surface area contributed by atoms with Gasteiger partial charge in [-0.15, -0.1) is 0 Å². The lowest BCUT2D eigenvalue weighted by molar-refractivity contribution is -0.375. The number of aliphatic hydroxyl groups is 10. The van der Waals surface area contributed by atoms with E-state index in [1.54, 1.807) is 0 Å². The fraction of sp³-hybridized carbons (Fsp3) is 0.861. The van der Waals surface area contributed by atoms with E-state index >= 15 is 0 Å². The molecule has 0 unspecified atom stereocenters. The number of aliphatic carboxylic acids is 2. The molecular weight excluding hydrogens is 1080 g/mol. The van der Waals surface area contributed by atoms with E-state index in [1.807, 2.05) is 0 Å². The second-order valence-electron chi connectivity index (χ2n) is 17.3. The Morgan fingerprint density at radius 1 is 0.440 bits per heavy atom. The first-order chi connectivity index (χ1) is 34.7. The summed E-state index contributed by atoms with van der Waals surface area (Å²) in [6.45, 7) is -0.931. The van der Waals surface area contributed by atoms with Crippen LogP contribution in [0.4, 0.5) is 0 Å². The van der Waals surface area contributed by atoms with Crippen LogP contribution in [0.15, 0.2) is 0 Å². The summed E-state index contributed by atoms with van der Waals surface area (Å²) in [5, 5.41) is 136. The molecule has 5 rings (SSSR count). The molecule has 0 radical (unpaired) electrons. The molecule has 17 N–H and O–H groups in total. The minimum absolute atomic E-state index is 0.788. The highest BCUT2D eigenvalue weighted by Crippen LogP contribution is 2.36. The van der Waals surface area contributed by atoms with Gasteiger partial charge >= 0.3 is 32.7 Å². The molecule has 0 aliphatic carbocycles. The van der Waals surface area contributed by atoms with Crippen molar-refractivity contribution < 1.29 is 162 Å². The van der Waals surface area contributed by atoms with Crippen LogP contribution in [0.3, 0.4) is 0 Å². The van der Waals surface area contributed by atoms with Crippen molar-refractivity contribution in [1.29, 1.82) is 0 Å².